The van der Waals surface area contributed by atoms with E-state index in [1.165, 1.54) is 0 Å². The topological polar surface area (TPSA) is 77.8 Å². The first kappa shape index (κ1) is 12.0. The van der Waals surface area contributed by atoms with Gasteiger partial charge in [0.05, 0.1) is 5.52 Å². The summed E-state index contributed by atoms with van der Waals surface area (Å²) in [5, 5.41) is 0.845. The summed E-state index contributed by atoms with van der Waals surface area (Å²) in [6.07, 6.45) is 0. The van der Waals surface area contributed by atoms with Crippen LogP contribution >= 0.6 is 11.8 Å². The van der Waals surface area contributed by atoms with Gasteiger partial charge in [-0.05, 0) is 18.2 Å². The molecule has 0 saturated heterocycles. The number of hydrogen-bond acceptors (Lipinski definition) is 5. The number of benzene rings is 1. The minimum absolute atomic E-state index is 0.164. The van der Waals surface area contributed by atoms with Crippen molar-refractivity contribution in [2.45, 2.75) is 30.4 Å². The van der Waals surface area contributed by atoms with Gasteiger partial charge < -0.3 is 11.5 Å². The molecule has 0 fully saturated rings. The summed E-state index contributed by atoms with van der Waals surface area (Å²) in [6.45, 7) is 6.51. The number of anilines is 2. The Labute approximate surface area is 105 Å². The molecule has 2 rings (SSSR count). The van der Waals surface area contributed by atoms with Gasteiger partial charge in [-0.3, -0.25) is 0 Å². The molecule has 1 aromatic carbocycles. The van der Waals surface area contributed by atoms with Crippen molar-refractivity contribution in [2.75, 3.05) is 11.5 Å². The van der Waals surface area contributed by atoms with Crippen LogP contribution in [0.25, 0.3) is 10.9 Å². The maximum Gasteiger partial charge on any atom is 0.222 e. The normalized spacial score (nSPS) is 11.9. The molecule has 1 aromatic heterocycles. The summed E-state index contributed by atoms with van der Waals surface area (Å²) in [5.74, 6) is 0.646. The molecule has 0 radical (unpaired) electrons. The molecule has 2 aromatic rings. The number of nitrogen functional groups attached to an aromatic ring is 2. The summed E-state index contributed by atoms with van der Waals surface area (Å²) in [4.78, 5) is 9.30. The maximum absolute atomic E-state index is 5.80. The Kier molecular flexibility index (Phi) is 2.87. The maximum atomic E-state index is 5.80. The van der Waals surface area contributed by atoms with E-state index in [0.717, 1.165) is 15.8 Å². The number of fused-ring (bicyclic) bond motifs is 1. The molecular weight excluding hydrogens is 232 g/mol. The minimum Gasteiger partial charge on any atom is -0.383 e. The van der Waals surface area contributed by atoms with Crippen molar-refractivity contribution in [2.24, 2.45) is 0 Å². The number of nitrogens with zero attached hydrogens (tertiary/aromatic N) is 2. The Morgan fingerprint density at radius 1 is 1.12 bits per heavy atom. The standard InChI is InChI=1S/C12H16N4S/c1-12(2,3)17-7-4-5-8-9(6-7)15-11(14)16-10(8)13/h4-6H,1-3H3,(H4,13,14,15,16). The van der Waals surface area contributed by atoms with E-state index in [1.54, 1.807) is 11.8 Å². The summed E-state index contributed by atoms with van der Waals surface area (Å²) in [5.41, 5.74) is 12.2. The van der Waals surface area contributed by atoms with E-state index < -0.39 is 0 Å². The Morgan fingerprint density at radius 3 is 2.47 bits per heavy atom. The molecule has 0 bridgehead atoms. The molecule has 0 saturated carbocycles. The highest BCUT2D eigenvalue weighted by atomic mass is 32.2. The van der Waals surface area contributed by atoms with Gasteiger partial charge in [0.15, 0.2) is 0 Å². The number of nitrogens with two attached hydrogens (primary N) is 2. The highest BCUT2D eigenvalue weighted by Gasteiger charge is 2.13. The van der Waals surface area contributed by atoms with E-state index in [0.29, 0.717) is 5.82 Å². The molecule has 4 nitrogen and oxygen atoms in total. The van der Waals surface area contributed by atoms with E-state index in [-0.39, 0.29) is 10.7 Å². The Balaban J connectivity index is 2.50. The fourth-order valence-electron chi connectivity index (χ4n) is 1.57. The quantitative estimate of drug-likeness (QED) is 0.759. The van der Waals surface area contributed by atoms with Crippen molar-refractivity contribution < 1.29 is 0 Å². The van der Waals surface area contributed by atoms with Crippen LogP contribution in [0.3, 0.4) is 0 Å². The van der Waals surface area contributed by atoms with Crippen molar-refractivity contribution in [3.05, 3.63) is 18.2 Å². The van der Waals surface area contributed by atoms with Crippen LogP contribution in [-0.4, -0.2) is 14.7 Å². The Hall–Kier alpha value is -1.49. The average molecular weight is 248 g/mol. The van der Waals surface area contributed by atoms with Gasteiger partial charge in [-0.25, -0.2) is 4.98 Å². The summed E-state index contributed by atoms with van der Waals surface area (Å²) in [7, 11) is 0. The second-order valence-electron chi connectivity index (χ2n) is 4.86. The summed E-state index contributed by atoms with van der Waals surface area (Å²) in [6, 6.07) is 5.98. The molecule has 0 aliphatic carbocycles. The van der Waals surface area contributed by atoms with Gasteiger partial charge in [0.1, 0.15) is 5.82 Å². The van der Waals surface area contributed by atoms with Crippen molar-refractivity contribution in [1.29, 1.82) is 0 Å². The van der Waals surface area contributed by atoms with Crippen molar-refractivity contribution >= 4 is 34.4 Å². The third-order valence-corrected chi connectivity index (χ3v) is 3.24. The van der Waals surface area contributed by atoms with Gasteiger partial charge in [0.25, 0.3) is 0 Å². The molecule has 0 aliphatic heterocycles. The molecule has 0 aliphatic rings. The van der Waals surface area contributed by atoms with E-state index in [1.807, 2.05) is 18.2 Å². The minimum atomic E-state index is 0.164. The second-order valence-corrected chi connectivity index (χ2v) is 6.76. The fourth-order valence-corrected chi connectivity index (χ4v) is 2.58. The van der Waals surface area contributed by atoms with Gasteiger partial charge in [-0.1, -0.05) is 20.8 Å². The zero-order chi connectivity index (χ0) is 12.6. The second kappa shape index (κ2) is 4.07. The Bertz CT molecular complexity index is 560. The molecule has 90 valence electrons. The summed E-state index contributed by atoms with van der Waals surface area (Å²) < 4.78 is 0.164. The third kappa shape index (κ3) is 2.79. The molecule has 0 atom stereocenters. The molecule has 17 heavy (non-hydrogen) atoms. The summed E-state index contributed by atoms with van der Waals surface area (Å²) >= 11 is 1.79. The van der Waals surface area contributed by atoms with E-state index in [2.05, 4.69) is 30.7 Å². The van der Waals surface area contributed by atoms with Crippen molar-refractivity contribution in [3.8, 4) is 0 Å². The molecule has 0 spiro atoms. The van der Waals surface area contributed by atoms with Crippen molar-refractivity contribution in [3.63, 3.8) is 0 Å². The molecule has 0 unspecified atom stereocenters. The molecule has 1 heterocycles. The monoisotopic (exact) mass is 248 g/mol. The third-order valence-electron chi connectivity index (χ3n) is 2.14. The highest BCUT2D eigenvalue weighted by molar-refractivity contribution is 8.00. The molecular formula is C12H16N4S. The SMILES string of the molecule is CC(C)(C)Sc1ccc2c(N)nc(N)nc2c1. The lowest BCUT2D eigenvalue weighted by Gasteiger charge is -2.17. The lowest BCUT2D eigenvalue weighted by molar-refractivity contribution is 0.803. The van der Waals surface area contributed by atoms with Crippen LogP contribution in [0.15, 0.2) is 23.1 Å². The number of hydrogen-bond donors (Lipinski definition) is 2. The van der Waals surface area contributed by atoms with Gasteiger partial charge in [-0.15, -0.1) is 11.8 Å². The first-order chi connectivity index (χ1) is 7.85. The van der Waals surface area contributed by atoms with Crippen LogP contribution in [0.1, 0.15) is 20.8 Å². The van der Waals surface area contributed by atoms with Crippen molar-refractivity contribution in [1.82, 2.24) is 9.97 Å². The first-order valence-corrected chi connectivity index (χ1v) is 6.18. The molecule has 4 N–H and O–H groups in total. The van der Waals surface area contributed by atoms with Gasteiger partial charge in [0.2, 0.25) is 5.95 Å². The first-order valence-electron chi connectivity index (χ1n) is 5.37. The zero-order valence-corrected chi connectivity index (χ0v) is 11.0. The fraction of sp³-hybridized carbons (Fsp3) is 0.333. The number of aromatic nitrogens is 2. The molecule has 5 heteroatoms. The predicted octanol–water partition coefficient (Wildman–Crippen LogP) is 2.68. The Morgan fingerprint density at radius 2 is 1.82 bits per heavy atom. The lowest BCUT2D eigenvalue weighted by atomic mass is 10.2. The van der Waals surface area contributed by atoms with Crippen LogP contribution in [0, 0.1) is 0 Å². The van der Waals surface area contributed by atoms with Crippen LogP contribution < -0.4 is 11.5 Å². The predicted molar refractivity (Wildman–Crippen MR) is 74.0 cm³/mol. The van der Waals surface area contributed by atoms with Crippen LogP contribution in [0.5, 0.6) is 0 Å². The van der Waals surface area contributed by atoms with Crippen LogP contribution in [0.4, 0.5) is 11.8 Å². The smallest absolute Gasteiger partial charge is 0.222 e. The lowest BCUT2D eigenvalue weighted by Crippen LogP contribution is -2.06. The van der Waals surface area contributed by atoms with Crippen LogP contribution in [-0.2, 0) is 0 Å². The van der Waals surface area contributed by atoms with Gasteiger partial charge in [0, 0.05) is 15.0 Å². The number of thioether (sulfide) groups is 1. The molecule has 0 amide bonds. The van der Waals surface area contributed by atoms with Gasteiger partial charge >= 0.3 is 0 Å². The number of rotatable bonds is 1. The van der Waals surface area contributed by atoms with E-state index >= 15 is 0 Å². The van der Waals surface area contributed by atoms with E-state index in [4.69, 9.17) is 11.5 Å². The van der Waals surface area contributed by atoms with Crippen LogP contribution in [0.2, 0.25) is 0 Å². The zero-order valence-electron chi connectivity index (χ0n) is 10.2. The largest absolute Gasteiger partial charge is 0.383 e. The van der Waals surface area contributed by atoms with Gasteiger partial charge in [-0.2, -0.15) is 4.98 Å². The average Bonchev–Trinajstić information content (AvgIpc) is 2.13. The highest BCUT2D eigenvalue weighted by Crippen LogP contribution is 2.33. The van der Waals surface area contributed by atoms with E-state index in [9.17, 15) is 0 Å².